The van der Waals surface area contributed by atoms with E-state index in [1.54, 1.807) is 18.0 Å². The quantitative estimate of drug-likeness (QED) is 0.654. The highest BCUT2D eigenvalue weighted by Gasteiger charge is 2.11. The Kier molecular flexibility index (Phi) is 3.48. The van der Waals surface area contributed by atoms with Crippen molar-refractivity contribution in [1.82, 2.24) is 9.38 Å². The lowest BCUT2D eigenvalue weighted by molar-refractivity contribution is -0.0979. The first-order valence-corrected chi connectivity index (χ1v) is 6.29. The molecule has 1 unspecified atom stereocenters. The second kappa shape index (κ2) is 4.86. The van der Waals surface area contributed by atoms with E-state index in [1.807, 2.05) is 36.0 Å². The molecule has 0 aliphatic heterocycles. The molecule has 4 nitrogen and oxygen atoms in total. The molecule has 2 rings (SSSR count). The molecule has 0 aliphatic carbocycles. The number of nitrogens with zero attached hydrogens (tertiary/aromatic N) is 2. The number of fused-ring (bicyclic) bond motifs is 1. The molecule has 0 radical (unpaired) electrons. The largest absolute Gasteiger partial charge is 0.364 e. The average Bonchev–Trinajstić information content (AvgIpc) is 2.72. The minimum Gasteiger partial charge on any atom is -0.364 e. The van der Waals surface area contributed by atoms with Crippen LogP contribution in [0.5, 0.6) is 0 Å². The molecule has 16 heavy (non-hydrogen) atoms. The van der Waals surface area contributed by atoms with Gasteiger partial charge in [-0.2, -0.15) is 0 Å². The summed E-state index contributed by atoms with van der Waals surface area (Å²) < 4.78 is 7.09. The number of thioether (sulfide) groups is 1. The van der Waals surface area contributed by atoms with Crippen LogP contribution in [0.15, 0.2) is 29.7 Å². The number of hydrogen-bond acceptors (Lipinski definition) is 4. The van der Waals surface area contributed by atoms with Crippen LogP contribution in [0.1, 0.15) is 18.8 Å². The van der Waals surface area contributed by atoms with Crippen molar-refractivity contribution in [3.05, 3.63) is 30.2 Å². The van der Waals surface area contributed by atoms with Gasteiger partial charge in [0, 0.05) is 30.8 Å². The van der Waals surface area contributed by atoms with Gasteiger partial charge in [0.25, 0.3) is 0 Å². The predicted molar refractivity (Wildman–Crippen MR) is 63.6 cm³/mol. The highest BCUT2D eigenvalue weighted by Crippen LogP contribution is 2.24. The van der Waals surface area contributed by atoms with Gasteiger partial charge in [-0.05, 0) is 19.2 Å². The maximum atomic E-state index is 9.72. The number of aromatic nitrogens is 2. The molecule has 2 heterocycles. The Balaban J connectivity index is 2.43. The normalized spacial score (nSPS) is 13.2. The Morgan fingerprint density at radius 2 is 2.44 bits per heavy atom. The Morgan fingerprint density at radius 1 is 1.62 bits per heavy atom. The predicted octanol–water partition coefficient (Wildman–Crippen LogP) is 2.08. The lowest BCUT2D eigenvalue weighted by Crippen LogP contribution is -2.00. The fraction of sp³-hybridized carbons (Fsp3) is 0.364. The molecule has 0 saturated heterocycles. The van der Waals surface area contributed by atoms with Crippen LogP contribution in [0.25, 0.3) is 5.52 Å². The zero-order chi connectivity index (χ0) is 11.5. The van der Waals surface area contributed by atoms with Gasteiger partial charge >= 0.3 is 0 Å². The van der Waals surface area contributed by atoms with Gasteiger partial charge in [0.05, 0.1) is 5.52 Å². The molecule has 1 atom stereocenters. The summed E-state index contributed by atoms with van der Waals surface area (Å²) in [6.45, 7) is 2.34. The lowest BCUT2D eigenvalue weighted by Gasteiger charge is -2.06. The summed E-state index contributed by atoms with van der Waals surface area (Å²) in [5, 5.41) is 10.7. The third-order valence-corrected chi connectivity index (χ3v) is 3.01. The van der Waals surface area contributed by atoms with Crippen molar-refractivity contribution in [1.29, 1.82) is 0 Å². The van der Waals surface area contributed by atoms with E-state index in [4.69, 9.17) is 4.74 Å². The summed E-state index contributed by atoms with van der Waals surface area (Å²) in [7, 11) is 0. The summed E-state index contributed by atoms with van der Waals surface area (Å²) >= 11 is 1.58. The third kappa shape index (κ3) is 2.07. The Labute approximate surface area is 98.3 Å². The monoisotopic (exact) mass is 238 g/mol. The molecule has 2 aromatic rings. The van der Waals surface area contributed by atoms with Crippen LogP contribution < -0.4 is 0 Å². The molecule has 0 fully saturated rings. The van der Waals surface area contributed by atoms with Crippen molar-refractivity contribution >= 4 is 17.3 Å². The fourth-order valence-corrected chi connectivity index (χ4v) is 2.12. The summed E-state index contributed by atoms with van der Waals surface area (Å²) in [5.74, 6) is 0. The van der Waals surface area contributed by atoms with Gasteiger partial charge in [0.15, 0.2) is 6.29 Å². The van der Waals surface area contributed by atoms with E-state index in [1.165, 1.54) is 0 Å². The van der Waals surface area contributed by atoms with Crippen molar-refractivity contribution in [2.45, 2.75) is 18.2 Å². The van der Waals surface area contributed by atoms with Crippen molar-refractivity contribution in [2.24, 2.45) is 0 Å². The van der Waals surface area contributed by atoms with Gasteiger partial charge < -0.3 is 14.2 Å². The highest BCUT2D eigenvalue weighted by molar-refractivity contribution is 7.98. The Bertz CT molecular complexity index is 484. The first kappa shape index (κ1) is 11.4. The average molecular weight is 238 g/mol. The zero-order valence-electron chi connectivity index (χ0n) is 9.25. The molecule has 5 heteroatoms. The molecule has 0 aliphatic rings. The zero-order valence-corrected chi connectivity index (χ0v) is 10.1. The van der Waals surface area contributed by atoms with E-state index >= 15 is 0 Å². The van der Waals surface area contributed by atoms with Gasteiger partial charge in [-0.15, -0.1) is 11.8 Å². The van der Waals surface area contributed by atoms with E-state index in [2.05, 4.69) is 4.98 Å². The first-order chi connectivity index (χ1) is 7.76. The molecular formula is C11H14N2O2S. The van der Waals surface area contributed by atoms with E-state index in [0.717, 1.165) is 16.1 Å². The van der Waals surface area contributed by atoms with E-state index in [0.29, 0.717) is 6.61 Å². The maximum Gasteiger partial charge on any atom is 0.182 e. The molecule has 2 aromatic heterocycles. The van der Waals surface area contributed by atoms with Gasteiger partial charge in [0.2, 0.25) is 0 Å². The third-order valence-electron chi connectivity index (χ3n) is 2.31. The summed E-state index contributed by atoms with van der Waals surface area (Å²) in [6, 6.07) is 1.90. The minimum atomic E-state index is -0.861. The van der Waals surface area contributed by atoms with Gasteiger partial charge in [-0.3, -0.25) is 0 Å². The van der Waals surface area contributed by atoms with Crippen LogP contribution in [0.4, 0.5) is 0 Å². The smallest absolute Gasteiger partial charge is 0.182 e. The number of ether oxygens (including phenoxy) is 1. The molecule has 0 spiro atoms. The summed E-state index contributed by atoms with van der Waals surface area (Å²) in [6.07, 6.45) is 6.58. The lowest BCUT2D eigenvalue weighted by atomic mass is 10.3. The number of aliphatic hydroxyl groups is 1. The standard InChI is InChI=1S/C11H14N2O2S/c1-3-15-11(14)8-6-9-10(16-2)12-4-5-13(9)7-8/h4-7,11,14H,3H2,1-2H3. The van der Waals surface area contributed by atoms with Crippen LogP contribution in [0.3, 0.4) is 0 Å². The number of aliphatic hydroxyl groups excluding tert-OH is 1. The van der Waals surface area contributed by atoms with Gasteiger partial charge in [0.1, 0.15) is 5.03 Å². The molecule has 1 N–H and O–H groups in total. The van der Waals surface area contributed by atoms with E-state index in [9.17, 15) is 5.11 Å². The van der Waals surface area contributed by atoms with E-state index < -0.39 is 6.29 Å². The van der Waals surface area contributed by atoms with Crippen molar-refractivity contribution in [3.8, 4) is 0 Å². The molecule has 0 saturated carbocycles. The van der Waals surface area contributed by atoms with Crippen molar-refractivity contribution in [3.63, 3.8) is 0 Å². The molecule has 0 bridgehead atoms. The second-order valence-corrected chi connectivity index (χ2v) is 4.11. The molecule has 0 amide bonds. The fourth-order valence-electron chi connectivity index (χ4n) is 1.58. The topological polar surface area (TPSA) is 46.8 Å². The van der Waals surface area contributed by atoms with Crippen LogP contribution in [-0.4, -0.2) is 27.4 Å². The molecular weight excluding hydrogens is 224 g/mol. The van der Waals surface area contributed by atoms with Crippen LogP contribution in [0.2, 0.25) is 0 Å². The van der Waals surface area contributed by atoms with Crippen LogP contribution >= 0.6 is 11.8 Å². The van der Waals surface area contributed by atoms with E-state index in [-0.39, 0.29) is 0 Å². The number of hydrogen-bond donors (Lipinski definition) is 1. The second-order valence-electron chi connectivity index (χ2n) is 3.31. The van der Waals surface area contributed by atoms with Gasteiger partial charge in [-0.25, -0.2) is 4.98 Å². The van der Waals surface area contributed by atoms with Crippen molar-refractivity contribution < 1.29 is 9.84 Å². The summed E-state index contributed by atoms with van der Waals surface area (Å²) in [4.78, 5) is 4.26. The Morgan fingerprint density at radius 3 is 3.12 bits per heavy atom. The minimum absolute atomic E-state index is 0.487. The van der Waals surface area contributed by atoms with Crippen LogP contribution in [-0.2, 0) is 4.74 Å². The highest BCUT2D eigenvalue weighted by atomic mass is 32.2. The van der Waals surface area contributed by atoms with Crippen LogP contribution in [0, 0.1) is 0 Å². The molecule has 86 valence electrons. The summed E-state index contributed by atoms with van der Waals surface area (Å²) in [5.41, 5.74) is 1.74. The maximum absolute atomic E-state index is 9.72. The first-order valence-electron chi connectivity index (χ1n) is 5.06. The van der Waals surface area contributed by atoms with Gasteiger partial charge in [-0.1, -0.05) is 0 Å². The number of rotatable bonds is 4. The molecule has 0 aromatic carbocycles. The SMILES string of the molecule is CCOC(O)c1cc2c(SC)nccn2c1. The van der Waals surface area contributed by atoms with Crippen molar-refractivity contribution in [2.75, 3.05) is 12.9 Å². The Hall–Kier alpha value is -1.04.